The molecule has 0 aliphatic heterocycles. The molecule has 26 heavy (non-hydrogen) atoms. The van der Waals surface area contributed by atoms with Gasteiger partial charge in [-0.1, -0.05) is 0 Å². The van der Waals surface area contributed by atoms with Crippen LogP contribution < -0.4 is 10.3 Å². The number of hydrogen-bond donors (Lipinski definition) is 0. The van der Waals surface area contributed by atoms with Crippen LogP contribution in [0.15, 0.2) is 66.1 Å². The van der Waals surface area contributed by atoms with Crippen LogP contribution >= 0.6 is 0 Å². The molecule has 3 aromatic heterocycles. The van der Waals surface area contributed by atoms with E-state index in [1.807, 2.05) is 23.7 Å². The second kappa shape index (κ2) is 6.44. The molecule has 0 saturated carbocycles. The quantitative estimate of drug-likeness (QED) is 0.567. The summed E-state index contributed by atoms with van der Waals surface area (Å²) in [6.07, 6.45) is 8.94. The van der Waals surface area contributed by atoms with Crippen molar-refractivity contribution in [2.75, 3.05) is 6.86 Å². The summed E-state index contributed by atoms with van der Waals surface area (Å²) in [6.45, 7) is 0.995. The summed E-state index contributed by atoms with van der Waals surface area (Å²) in [5.74, 6) is 1.02. The predicted molar refractivity (Wildman–Crippen MR) is 95.4 cm³/mol. The van der Waals surface area contributed by atoms with Crippen molar-refractivity contribution < 1.29 is 9.13 Å². The summed E-state index contributed by atoms with van der Waals surface area (Å²) >= 11 is 0. The molecule has 0 aliphatic carbocycles. The molecule has 4 aromatic rings. The third-order valence-corrected chi connectivity index (χ3v) is 4.15. The molecule has 0 radical (unpaired) electrons. The van der Waals surface area contributed by atoms with Gasteiger partial charge in [0.15, 0.2) is 0 Å². The molecule has 4 rings (SSSR count). The summed E-state index contributed by atoms with van der Waals surface area (Å²) in [4.78, 5) is 20.9. The Hall–Kier alpha value is -3.48. The average molecular weight is 350 g/mol. The van der Waals surface area contributed by atoms with Crippen molar-refractivity contribution in [1.82, 2.24) is 18.9 Å². The Morgan fingerprint density at radius 3 is 2.73 bits per heavy atom. The number of rotatable bonds is 4. The average Bonchev–Trinajstić information content (AvgIpc) is 3.11. The fourth-order valence-electron chi connectivity index (χ4n) is 2.85. The summed E-state index contributed by atoms with van der Waals surface area (Å²) in [5, 5.41) is 0. The second-order valence-corrected chi connectivity index (χ2v) is 5.80. The van der Waals surface area contributed by atoms with Gasteiger partial charge in [-0.3, -0.25) is 13.8 Å². The molecule has 0 aliphatic rings. The Balaban J connectivity index is 1.81. The van der Waals surface area contributed by atoms with Crippen LogP contribution in [-0.4, -0.2) is 25.8 Å². The smallest absolute Gasteiger partial charge is 0.255 e. The largest absolute Gasteiger partial charge is 0.463 e. The zero-order valence-electron chi connectivity index (χ0n) is 14.0. The van der Waals surface area contributed by atoms with Crippen LogP contribution in [0.3, 0.4) is 0 Å². The van der Waals surface area contributed by atoms with Gasteiger partial charge < -0.3 is 4.74 Å². The summed E-state index contributed by atoms with van der Waals surface area (Å²) < 4.78 is 20.4. The Morgan fingerprint density at radius 2 is 1.96 bits per heavy atom. The summed E-state index contributed by atoms with van der Waals surface area (Å²) in [5.41, 5.74) is 3.13. The minimum absolute atomic E-state index is 0.151. The molecule has 0 atom stereocenters. The van der Waals surface area contributed by atoms with Crippen molar-refractivity contribution in [3.8, 4) is 22.6 Å². The maximum atomic E-state index is 12.4. The van der Waals surface area contributed by atoms with Crippen molar-refractivity contribution in [2.24, 2.45) is 0 Å². The van der Waals surface area contributed by atoms with Gasteiger partial charge in [-0.25, -0.2) is 14.4 Å². The zero-order valence-corrected chi connectivity index (χ0v) is 14.0. The van der Waals surface area contributed by atoms with Gasteiger partial charge in [-0.15, -0.1) is 0 Å². The highest BCUT2D eigenvalue weighted by Crippen LogP contribution is 2.23. The first-order chi connectivity index (χ1) is 12.7. The number of aromatic nitrogens is 4. The van der Waals surface area contributed by atoms with Crippen LogP contribution in [0, 0.1) is 6.92 Å². The third-order valence-electron chi connectivity index (χ3n) is 4.15. The van der Waals surface area contributed by atoms with E-state index in [-0.39, 0.29) is 5.56 Å². The number of aryl methyl sites for hydroxylation is 1. The van der Waals surface area contributed by atoms with Crippen molar-refractivity contribution in [3.63, 3.8) is 0 Å². The molecular weight excluding hydrogens is 335 g/mol. The molecule has 0 fully saturated rings. The van der Waals surface area contributed by atoms with Crippen molar-refractivity contribution >= 4 is 5.78 Å². The van der Waals surface area contributed by atoms with Crippen LogP contribution in [0.25, 0.3) is 22.6 Å². The summed E-state index contributed by atoms with van der Waals surface area (Å²) in [7, 11) is 0. The number of pyridine rings is 1. The van der Waals surface area contributed by atoms with E-state index >= 15 is 0 Å². The van der Waals surface area contributed by atoms with E-state index in [9.17, 15) is 9.18 Å². The molecule has 0 N–H and O–H groups in total. The topological polar surface area (TPSA) is 61.4 Å². The van der Waals surface area contributed by atoms with E-state index in [1.165, 1.54) is 0 Å². The van der Waals surface area contributed by atoms with E-state index in [0.29, 0.717) is 17.2 Å². The lowest BCUT2D eigenvalue weighted by molar-refractivity contribution is 0.192. The van der Waals surface area contributed by atoms with E-state index in [0.717, 1.165) is 16.7 Å². The number of halogens is 1. The molecule has 6 nitrogen and oxygen atoms in total. The highest BCUT2D eigenvalue weighted by atomic mass is 19.1. The maximum Gasteiger partial charge on any atom is 0.255 e. The van der Waals surface area contributed by atoms with Crippen molar-refractivity contribution in [2.45, 2.75) is 6.92 Å². The fraction of sp³-hybridized carbons (Fsp3) is 0.105. The lowest BCUT2D eigenvalue weighted by Crippen LogP contribution is -2.17. The Morgan fingerprint density at radius 1 is 1.15 bits per heavy atom. The third kappa shape index (κ3) is 2.83. The molecule has 130 valence electrons. The predicted octanol–water partition coefficient (Wildman–Crippen LogP) is 3.16. The van der Waals surface area contributed by atoms with Gasteiger partial charge in [0.05, 0.1) is 0 Å². The molecule has 0 bridgehead atoms. The van der Waals surface area contributed by atoms with Gasteiger partial charge in [-0.05, 0) is 36.8 Å². The first-order valence-corrected chi connectivity index (χ1v) is 7.97. The number of alkyl halides is 1. The molecular formula is C19H15FN4O2. The molecule has 7 heteroatoms. The fourth-order valence-corrected chi connectivity index (χ4v) is 2.85. The van der Waals surface area contributed by atoms with Crippen LogP contribution in [0.1, 0.15) is 5.56 Å². The SMILES string of the molecule is Cc1cc(=O)n(-c2ccc(OCF)cc2)cc1-c1cnc2nccn2c1. The number of imidazole rings is 1. The van der Waals surface area contributed by atoms with Gasteiger partial charge in [0, 0.05) is 53.9 Å². The maximum absolute atomic E-state index is 12.4. The molecule has 0 unspecified atom stereocenters. The van der Waals surface area contributed by atoms with Crippen LogP contribution in [0.2, 0.25) is 0 Å². The monoisotopic (exact) mass is 350 g/mol. The van der Waals surface area contributed by atoms with E-state index in [1.54, 1.807) is 53.5 Å². The number of hydrogen-bond acceptors (Lipinski definition) is 4. The number of ether oxygens (including phenoxy) is 1. The molecule has 0 spiro atoms. The number of nitrogens with zero attached hydrogens (tertiary/aromatic N) is 4. The van der Waals surface area contributed by atoms with Crippen molar-refractivity contribution in [1.29, 1.82) is 0 Å². The second-order valence-electron chi connectivity index (χ2n) is 5.80. The van der Waals surface area contributed by atoms with Gasteiger partial charge >= 0.3 is 0 Å². The Labute approximate surface area is 148 Å². The van der Waals surface area contributed by atoms with Gasteiger partial charge in [0.1, 0.15) is 5.75 Å². The van der Waals surface area contributed by atoms with E-state index < -0.39 is 6.86 Å². The zero-order chi connectivity index (χ0) is 18.1. The van der Waals surface area contributed by atoms with E-state index in [4.69, 9.17) is 4.74 Å². The first-order valence-electron chi connectivity index (χ1n) is 7.97. The van der Waals surface area contributed by atoms with E-state index in [2.05, 4.69) is 9.97 Å². The van der Waals surface area contributed by atoms with Gasteiger partial charge in [0.25, 0.3) is 5.56 Å². The Kier molecular flexibility index (Phi) is 3.96. The lowest BCUT2D eigenvalue weighted by atomic mass is 10.1. The van der Waals surface area contributed by atoms with Gasteiger partial charge in [0.2, 0.25) is 12.6 Å². The molecule has 1 aromatic carbocycles. The molecule has 0 amide bonds. The number of fused-ring (bicyclic) bond motifs is 1. The van der Waals surface area contributed by atoms with Crippen molar-refractivity contribution in [3.05, 3.63) is 77.2 Å². The van der Waals surface area contributed by atoms with Crippen LogP contribution in [0.4, 0.5) is 4.39 Å². The Bertz CT molecular complexity index is 1130. The lowest BCUT2D eigenvalue weighted by Gasteiger charge is -2.12. The highest BCUT2D eigenvalue weighted by Gasteiger charge is 2.09. The highest BCUT2D eigenvalue weighted by molar-refractivity contribution is 5.66. The number of benzene rings is 1. The van der Waals surface area contributed by atoms with Crippen LogP contribution in [0.5, 0.6) is 5.75 Å². The standard InChI is InChI=1S/C19H15FN4O2/c1-13-8-18(25)24(15-2-4-16(5-3-15)26-12-20)11-17(13)14-9-22-19-21-6-7-23(19)10-14/h2-11H,12H2,1H3. The minimum Gasteiger partial charge on any atom is -0.463 e. The molecule has 3 heterocycles. The first kappa shape index (κ1) is 16.0. The van der Waals surface area contributed by atoms with Gasteiger partial charge in [-0.2, -0.15) is 0 Å². The summed E-state index contributed by atoms with van der Waals surface area (Å²) in [6, 6.07) is 8.25. The molecule has 0 saturated heterocycles. The minimum atomic E-state index is -0.891. The normalized spacial score (nSPS) is 11.0. The van der Waals surface area contributed by atoms with Crippen LogP contribution in [-0.2, 0) is 0 Å².